The van der Waals surface area contributed by atoms with E-state index < -0.39 is 11.2 Å². The molecule has 0 saturated heterocycles. The zero-order valence-electron chi connectivity index (χ0n) is 11.2. The molecule has 106 valence electrons. The first-order chi connectivity index (χ1) is 9.58. The maximum atomic E-state index is 10.8. The Morgan fingerprint density at radius 1 is 1.40 bits per heavy atom. The Morgan fingerprint density at radius 3 is 2.75 bits per heavy atom. The molecule has 20 heavy (non-hydrogen) atoms. The molecule has 1 atom stereocenters. The molecule has 0 bridgehead atoms. The molecule has 1 aromatic carbocycles. The second-order valence-electron chi connectivity index (χ2n) is 4.16. The molecule has 0 saturated carbocycles. The zero-order chi connectivity index (χ0) is 14.5. The Bertz CT molecular complexity index is 586. The maximum absolute atomic E-state index is 10.8. The summed E-state index contributed by atoms with van der Waals surface area (Å²) in [5, 5.41) is 16.9. The fraction of sp³-hybridized carbons (Fsp3) is 0.308. The van der Waals surface area contributed by atoms with Gasteiger partial charge in [0.1, 0.15) is 17.6 Å². The average molecular weight is 293 g/mol. The Morgan fingerprint density at radius 2 is 2.10 bits per heavy atom. The highest BCUT2D eigenvalue weighted by atomic mass is 32.2. The SMILES string of the molecule is C[C@@H](Sc1nnc(COc2ccccc2)n1C)C(=O)O. The van der Waals surface area contributed by atoms with Gasteiger partial charge in [0.25, 0.3) is 0 Å². The normalized spacial score (nSPS) is 12.1. The molecule has 0 fully saturated rings. The smallest absolute Gasteiger partial charge is 0.316 e. The first-order valence-corrected chi connectivity index (χ1v) is 6.91. The Balaban J connectivity index is 2.00. The van der Waals surface area contributed by atoms with Crippen LogP contribution in [0.15, 0.2) is 35.5 Å². The van der Waals surface area contributed by atoms with Crippen LogP contribution in [-0.2, 0) is 18.4 Å². The summed E-state index contributed by atoms with van der Waals surface area (Å²) in [7, 11) is 1.79. The van der Waals surface area contributed by atoms with Crippen molar-refractivity contribution in [3.63, 3.8) is 0 Å². The molecule has 7 heteroatoms. The lowest BCUT2D eigenvalue weighted by molar-refractivity contribution is -0.136. The molecule has 0 spiro atoms. The lowest BCUT2D eigenvalue weighted by Gasteiger charge is -2.07. The summed E-state index contributed by atoms with van der Waals surface area (Å²) >= 11 is 1.16. The molecule has 0 amide bonds. The van der Waals surface area contributed by atoms with E-state index in [4.69, 9.17) is 9.84 Å². The van der Waals surface area contributed by atoms with E-state index in [0.717, 1.165) is 17.5 Å². The Hall–Kier alpha value is -2.02. The number of hydrogen-bond acceptors (Lipinski definition) is 5. The molecule has 0 radical (unpaired) electrons. The van der Waals surface area contributed by atoms with E-state index in [-0.39, 0.29) is 6.61 Å². The minimum Gasteiger partial charge on any atom is -0.486 e. The number of para-hydroxylation sites is 1. The van der Waals surface area contributed by atoms with Gasteiger partial charge in [0.2, 0.25) is 0 Å². The third-order valence-electron chi connectivity index (χ3n) is 2.67. The van der Waals surface area contributed by atoms with E-state index >= 15 is 0 Å². The van der Waals surface area contributed by atoms with Gasteiger partial charge in [0.05, 0.1) is 0 Å². The number of nitrogens with zero attached hydrogens (tertiary/aromatic N) is 3. The summed E-state index contributed by atoms with van der Waals surface area (Å²) in [5.41, 5.74) is 0. The predicted octanol–water partition coefficient (Wildman–Crippen LogP) is 1.96. The number of benzene rings is 1. The van der Waals surface area contributed by atoms with E-state index in [1.807, 2.05) is 30.3 Å². The van der Waals surface area contributed by atoms with Crippen LogP contribution in [0.25, 0.3) is 0 Å². The number of aromatic nitrogens is 3. The molecular formula is C13H15N3O3S. The van der Waals surface area contributed by atoms with Crippen LogP contribution >= 0.6 is 11.8 Å². The number of rotatable bonds is 6. The maximum Gasteiger partial charge on any atom is 0.316 e. The molecule has 1 N–H and O–H groups in total. The van der Waals surface area contributed by atoms with Gasteiger partial charge >= 0.3 is 5.97 Å². The van der Waals surface area contributed by atoms with Gasteiger partial charge in [0.15, 0.2) is 11.0 Å². The quantitative estimate of drug-likeness (QED) is 0.820. The first kappa shape index (κ1) is 14.4. The van der Waals surface area contributed by atoms with Crippen LogP contribution in [0.3, 0.4) is 0 Å². The van der Waals surface area contributed by atoms with Crippen LogP contribution in [0.2, 0.25) is 0 Å². The predicted molar refractivity (Wildman–Crippen MR) is 74.7 cm³/mol. The van der Waals surface area contributed by atoms with Gasteiger partial charge in [-0.05, 0) is 19.1 Å². The Kier molecular flexibility index (Phi) is 4.62. The van der Waals surface area contributed by atoms with Gasteiger partial charge in [-0.2, -0.15) is 0 Å². The summed E-state index contributed by atoms with van der Waals surface area (Å²) in [6.07, 6.45) is 0. The minimum atomic E-state index is -0.875. The minimum absolute atomic E-state index is 0.287. The average Bonchev–Trinajstić information content (AvgIpc) is 2.78. The van der Waals surface area contributed by atoms with Crippen molar-refractivity contribution in [3.8, 4) is 5.75 Å². The van der Waals surface area contributed by atoms with Crippen molar-refractivity contribution in [1.29, 1.82) is 0 Å². The molecule has 0 unspecified atom stereocenters. The van der Waals surface area contributed by atoms with Crippen LogP contribution in [0.1, 0.15) is 12.7 Å². The fourth-order valence-corrected chi connectivity index (χ4v) is 2.22. The van der Waals surface area contributed by atoms with Crippen LogP contribution < -0.4 is 4.74 Å². The lowest BCUT2D eigenvalue weighted by Crippen LogP contribution is -2.12. The van der Waals surface area contributed by atoms with Gasteiger partial charge in [-0.25, -0.2) is 0 Å². The molecule has 6 nitrogen and oxygen atoms in total. The van der Waals surface area contributed by atoms with E-state index in [1.54, 1.807) is 18.5 Å². The van der Waals surface area contributed by atoms with Gasteiger partial charge in [-0.1, -0.05) is 30.0 Å². The van der Waals surface area contributed by atoms with E-state index in [2.05, 4.69) is 10.2 Å². The zero-order valence-corrected chi connectivity index (χ0v) is 12.0. The van der Waals surface area contributed by atoms with Crippen LogP contribution in [0.5, 0.6) is 5.75 Å². The summed E-state index contributed by atoms with van der Waals surface area (Å²) < 4.78 is 7.33. The van der Waals surface area contributed by atoms with Gasteiger partial charge in [0, 0.05) is 7.05 Å². The summed E-state index contributed by atoms with van der Waals surface area (Å²) in [6, 6.07) is 9.41. The monoisotopic (exact) mass is 293 g/mol. The van der Waals surface area contributed by atoms with E-state index in [9.17, 15) is 4.79 Å². The number of hydrogen-bond donors (Lipinski definition) is 1. The highest BCUT2D eigenvalue weighted by Gasteiger charge is 2.17. The fourth-order valence-electron chi connectivity index (χ4n) is 1.45. The topological polar surface area (TPSA) is 77.2 Å². The van der Waals surface area contributed by atoms with Crippen molar-refractivity contribution >= 4 is 17.7 Å². The number of carboxylic acid groups (broad SMARTS) is 1. The second-order valence-corrected chi connectivity index (χ2v) is 5.47. The molecule has 0 aliphatic rings. The number of thioether (sulfide) groups is 1. The number of ether oxygens (including phenoxy) is 1. The number of aliphatic carboxylic acids is 1. The van der Waals surface area contributed by atoms with Crippen LogP contribution in [0.4, 0.5) is 0 Å². The van der Waals surface area contributed by atoms with Gasteiger partial charge < -0.3 is 14.4 Å². The third-order valence-corrected chi connectivity index (χ3v) is 3.79. The summed E-state index contributed by atoms with van der Waals surface area (Å²) in [5.74, 6) is 0.526. The van der Waals surface area contributed by atoms with Gasteiger partial charge in [-0.15, -0.1) is 10.2 Å². The standard InChI is InChI=1S/C13H15N3O3S/c1-9(12(17)18)20-13-15-14-11(16(13)2)8-19-10-6-4-3-5-7-10/h3-7,9H,8H2,1-2H3,(H,17,18)/t9-/m1/s1. The van der Waals surface area contributed by atoms with Gasteiger partial charge in [-0.3, -0.25) is 4.79 Å². The van der Waals surface area contributed by atoms with Crippen molar-refractivity contribution in [1.82, 2.24) is 14.8 Å². The van der Waals surface area contributed by atoms with Crippen LogP contribution in [0, 0.1) is 0 Å². The van der Waals surface area contributed by atoms with Crippen molar-refractivity contribution in [2.24, 2.45) is 7.05 Å². The third kappa shape index (κ3) is 3.51. The molecule has 0 aliphatic heterocycles. The molecule has 1 aromatic heterocycles. The summed E-state index contributed by atoms with van der Waals surface area (Å²) in [6.45, 7) is 1.90. The van der Waals surface area contributed by atoms with E-state index in [0.29, 0.717) is 11.0 Å². The largest absolute Gasteiger partial charge is 0.486 e. The molecule has 2 aromatic rings. The molecule has 2 rings (SSSR count). The lowest BCUT2D eigenvalue weighted by atomic mass is 10.3. The number of carbonyl (C=O) groups is 1. The first-order valence-electron chi connectivity index (χ1n) is 6.03. The number of carboxylic acids is 1. The summed E-state index contributed by atoms with van der Waals surface area (Å²) in [4.78, 5) is 10.8. The molecule has 0 aliphatic carbocycles. The molecule has 1 heterocycles. The second kappa shape index (κ2) is 6.42. The highest BCUT2D eigenvalue weighted by Crippen LogP contribution is 2.21. The van der Waals surface area contributed by atoms with Crippen molar-refractivity contribution in [2.45, 2.75) is 23.9 Å². The van der Waals surface area contributed by atoms with Crippen molar-refractivity contribution in [2.75, 3.05) is 0 Å². The van der Waals surface area contributed by atoms with Crippen molar-refractivity contribution < 1.29 is 14.6 Å². The van der Waals surface area contributed by atoms with Crippen molar-refractivity contribution in [3.05, 3.63) is 36.2 Å². The Labute approximate surface area is 120 Å². The molecular weight excluding hydrogens is 278 g/mol. The van der Waals surface area contributed by atoms with E-state index in [1.165, 1.54) is 0 Å². The van der Waals surface area contributed by atoms with Crippen LogP contribution in [-0.4, -0.2) is 31.1 Å². The highest BCUT2D eigenvalue weighted by molar-refractivity contribution is 8.00.